The minimum Gasteiger partial charge on any atom is -0.301 e. The Morgan fingerprint density at radius 1 is 1.23 bits per heavy atom. The van der Waals surface area contributed by atoms with Crippen molar-refractivity contribution in [3.05, 3.63) is 44.8 Å². The van der Waals surface area contributed by atoms with Gasteiger partial charge < -0.3 is 5.32 Å². The van der Waals surface area contributed by atoms with Crippen LogP contribution in [0.25, 0.3) is 0 Å². The lowest BCUT2D eigenvalue weighted by Crippen LogP contribution is -2.13. The number of aromatic nitrogens is 3. The van der Waals surface area contributed by atoms with E-state index in [4.69, 9.17) is 11.6 Å². The minimum absolute atomic E-state index is 0.166. The highest BCUT2D eigenvalue weighted by Crippen LogP contribution is 2.27. The summed E-state index contributed by atoms with van der Waals surface area (Å²) in [6.45, 7) is 0. The van der Waals surface area contributed by atoms with Gasteiger partial charge in [-0.3, -0.25) is 14.9 Å². The molecular formula is C14H9BrClN5O2S3. The summed E-state index contributed by atoms with van der Waals surface area (Å²) in [6, 6.07) is 5.00. The monoisotopic (exact) mass is 489 g/mol. The van der Waals surface area contributed by atoms with Crippen LogP contribution in [0.3, 0.4) is 0 Å². The van der Waals surface area contributed by atoms with Gasteiger partial charge in [0.05, 0.1) is 16.3 Å². The van der Waals surface area contributed by atoms with Crippen molar-refractivity contribution in [2.45, 2.75) is 4.34 Å². The zero-order valence-electron chi connectivity index (χ0n) is 12.7. The molecule has 2 heterocycles. The van der Waals surface area contributed by atoms with Gasteiger partial charge in [0.15, 0.2) is 9.47 Å². The summed E-state index contributed by atoms with van der Waals surface area (Å²) in [6.07, 6.45) is 1.62. The topological polar surface area (TPSA) is 96.9 Å². The van der Waals surface area contributed by atoms with E-state index in [1.165, 1.54) is 34.4 Å². The maximum Gasteiger partial charge on any atom is 0.259 e. The van der Waals surface area contributed by atoms with Crippen molar-refractivity contribution >= 4 is 84.0 Å². The molecule has 3 rings (SSSR count). The first-order valence-electron chi connectivity index (χ1n) is 6.93. The van der Waals surface area contributed by atoms with Crippen LogP contribution in [0, 0.1) is 0 Å². The van der Waals surface area contributed by atoms with Crippen molar-refractivity contribution in [2.24, 2.45) is 0 Å². The zero-order chi connectivity index (χ0) is 18.5. The molecule has 0 saturated carbocycles. The average Bonchev–Trinajstić information content (AvgIpc) is 3.27. The van der Waals surface area contributed by atoms with Crippen LogP contribution < -0.4 is 10.6 Å². The van der Waals surface area contributed by atoms with E-state index in [9.17, 15) is 9.59 Å². The number of halogens is 2. The standard InChI is InChI=1S/C14H9BrClN5O2S3/c15-7-1-2-9(16)8(5-7)11(23)19-13-20-21-14(26-13)25-6-10(22)18-12-17-3-4-24-12/h1-5H,6H2,(H,17,18,22)(H,19,20,23). The summed E-state index contributed by atoms with van der Waals surface area (Å²) in [5.74, 6) is -0.406. The van der Waals surface area contributed by atoms with Gasteiger partial charge in [0, 0.05) is 16.0 Å². The van der Waals surface area contributed by atoms with Gasteiger partial charge in [-0.05, 0) is 18.2 Å². The fraction of sp³-hybridized carbons (Fsp3) is 0.0714. The second-order valence-corrected chi connectivity index (χ2v) is 9.04. The van der Waals surface area contributed by atoms with Crippen molar-refractivity contribution in [1.29, 1.82) is 0 Å². The molecule has 0 fully saturated rings. The van der Waals surface area contributed by atoms with E-state index >= 15 is 0 Å². The highest BCUT2D eigenvalue weighted by atomic mass is 79.9. The van der Waals surface area contributed by atoms with Crippen LogP contribution in [-0.4, -0.2) is 32.7 Å². The van der Waals surface area contributed by atoms with Crippen molar-refractivity contribution in [2.75, 3.05) is 16.4 Å². The van der Waals surface area contributed by atoms with E-state index in [0.717, 1.165) is 4.47 Å². The molecule has 26 heavy (non-hydrogen) atoms. The smallest absolute Gasteiger partial charge is 0.259 e. The van der Waals surface area contributed by atoms with Gasteiger partial charge in [0.25, 0.3) is 5.91 Å². The third-order valence-electron chi connectivity index (χ3n) is 2.81. The Kier molecular flexibility index (Phi) is 6.59. The quantitative estimate of drug-likeness (QED) is 0.393. The molecule has 7 nitrogen and oxygen atoms in total. The van der Waals surface area contributed by atoms with E-state index in [2.05, 4.69) is 41.7 Å². The molecule has 3 aromatic rings. The largest absolute Gasteiger partial charge is 0.301 e. The van der Waals surface area contributed by atoms with Gasteiger partial charge in [-0.15, -0.1) is 21.5 Å². The number of carbonyl (C=O) groups excluding carboxylic acids is 2. The van der Waals surface area contributed by atoms with Crippen LogP contribution in [0.1, 0.15) is 10.4 Å². The molecule has 2 aromatic heterocycles. The molecule has 134 valence electrons. The molecular weight excluding hydrogens is 482 g/mol. The average molecular weight is 491 g/mol. The third kappa shape index (κ3) is 5.24. The molecule has 12 heteroatoms. The fourth-order valence-electron chi connectivity index (χ4n) is 1.72. The van der Waals surface area contributed by atoms with Crippen molar-refractivity contribution in [1.82, 2.24) is 15.2 Å². The highest BCUT2D eigenvalue weighted by molar-refractivity contribution is 9.10. The molecule has 0 aliphatic heterocycles. The van der Waals surface area contributed by atoms with Crippen molar-refractivity contribution in [3.63, 3.8) is 0 Å². The lowest BCUT2D eigenvalue weighted by Gasteiger charge is -2.04. The summed E-state index contributed by atoms with van der Waals surface area (Å²) < 4.78 is 1.31. The molecule has 2 N–H and O–H groups in total. The van der Waals surface area contributed by atoms with Crippen LogP contribution in [0.15, 0.2) is 38.6 Å². The summed E-state index contributed by atoms with van der Waals surface area (Å²) in [5, 5.41) is 16.2. The Morgan fingerprint density at radius 2 is 2.08 bits per heavy atom. The number of carbonyl (C=O) groups is 2. The first-order chi connectivity index (χ1) is 12.5. The van der Waals surface area contributed by atoms with E-state index in [-0.39, 0.29) is 17.6 Å². The number of thioether (sulfide) groups is 1. The summed E-state index contributed by atoms with van der Waals surface area (Å²) in [7, 11) is 0. The molecule has 0 radical (unpaired) electrons. The molecule has 0 bridgehead atoms. The summed E-state index contributed by atoms with van der Waals surface area (Å²) >= 11 is 13.1. The number of nitrogens with one attached hydrogen (secondary N) is 2. The second-order valence-electron chi connectivity index (χ2n) is 4.63. The molecule has 0 unspecified atom stereocenters. The van der Waals surface area contributed by atoms with E-state index in [0.29, 0.717) is 25.2 Å². The van der Waals surface area contributed by atoms with Crippen LogP contribution in [0.4, 0.5) is 10.3 Å². The minimum atomic E-state index is -0.384. The molecule has 2 amide bonds. The number of nitrogens with zero attached hydrogens (tertiary/aromatic N) is 3. The highest BCUT2D eigenvalue weighted by Gasteiger charge is 2.15. The number of rotatable bonds is 6. The van der Waals surface area contributed by atoms with Gasteiger partial charge >= 0.3 is 0 Å². The zero-order valence-corrected chi connectivity index (χ0v) is 17.5. The molecule has 0 saturated heterocycles. The maximum absolute atomic E-state index is 12.3. The lowest BCUT2D eigenvalue weighted by atomic mass is 10.2. The number of anilines is 2. The fourth-order valence-corrected chi connectivity index (χ4v) is 4.38. The van der Waals surface area contributed by atoms with Gasteiger partial charge in [-0.25, -0.2) is 4.98 Å². The normalized spacial score (nSPS) is 10.5. The predicted molar refractivity (Wildman–Crippen MR) is 108 cm³/mol. The molecule has 0 atom stereocenters. The molecule has 0 aliphatic rings. The Bertz CT molecular complexity index is 935. The van der Waals surface area contributed by atoms with Crippen LogP contribution in [-0.2, 0) is 4.79 Å². The van der Waals surface area contributed by atoms with E-state index in [1.54, 1.807) is 29.8 Å². The Morgan fingerprint density at radius 3 is 2.85 bits per heavy atom. The SMILES string of the molecule is O=C(CSc1nnc(NC(=O)c2cc(Br)ccc2Cl)s1)Nc1nccs1. The first-order valence-corrected chi connectivity index (χ1v) is 10.8. The Hall–Kier alpha value is -1.53. The second kappa shape index (κ2) is 8.91. The van der Waals surface area contributed by atoms with Crippen LogP contribution in [0.2, 0.25) is 5.02 Å². The van der Waals surface area contributed by atoms with Crippen molar-refractivity contribution < 1.29 is 9.59 Å². The van der Waals surface area contributed by atoms with E-state index in [1.807, 2.05) is 0 Å². The summed E-state index contributed by atoms with van der Waals surface area (Å²) in [5.41, 5.74) is 0.327. The number of benzene rings is 1. The Labute approximate surface area is 173 Å². The third-order valence-corrected chi connectivity index (χ3v) is 6.29. The maximum atomic E-state index is 12.3. The number of thiazole rings is 1. The first kappa shape index (κ1) is 19.2. The van der Waals surface area contributed by atoms with Crippen LogP contribution >= 0.6 is 62.0 Å². The number of hydrogen-bond donors (Lipinski definition) is 2. The molecule has 0 aliphatic carbocycles. The number of hydrogen-bond acceptors (Lipinski definition) is 8. The molecule has 1 aromatic carbocycles. The molecule has 0 spiro atoms. The number of amides is 2. The summed E-state index contributed by atoms with van der Waals surface area (Å²) in [4.78, 5) is 28.1. The van der Waals surface area contributed by atoms with Gasteiger partial charge in [0.1, 0.15) is 0 Å². The Balaban J connectivity index is 1.55. The van der Waals surface area contributed by atoms with Gasteiger partial charge in [-0.2, -0.15) is 0 Å². The van der Waals surface area contributed by atoms with Crippen molar-refractivity contribution in [3.8, 4) is 0 Å². The van der Waals surface area contributed by atoms with Gasteiger partial charge in [-0.1, -0.05) is 50.6 Å². The lowest BCUT2D eigenvalue weighted by molar-refractivity contribution is -0.113. The van der Waals surface area contributed by atoms with Gasteiger partial charge in [0.2, 0.25) is 11.0 Å². The van der Waals surface area contributed by atoms with Crippen LogP contribution in [0.5, 0.6) is 0 Å². The van der Waals surface area contributed by atoms with E-state index < -0.39 is 0 Å². The predicted octanol–water partition coefficient (Wildman–Crippen LogP) is 4.39.